The minimum atomic E-state index is -1.03. The molecule has 0 aliphatic rings. The highest BCUT2D eigenvalue weighted by atomic mass is 16.5. The van der Waals surface area contributed by atoms with Crippen molar-refractivity contribution >= 4 is 5.97 Å². The first-order valence-corrected chi connectivity index (χ1v) is 6.09. The van der Waals surface area contributed by atoms with Gasteiger partial charge in [-0.15, -0.1) is 0 Å². The minimum Gasteiger partial charge on any atom is -0.504 e. The molecule has 1 unspecified atom stereocenters. The Labute approximate surface area is 116 Å². The number of phenolic OH excluding ortho intramolecular Hbond substituents is 1. The van der Waals surface area contributed by atoms with Crippen LogP contribution in [-0.2, 0) is 11.2 Å². The fraction of sp³-hybridized carbons (Fsp3) is 0.133. The maximum absolute atomic E-state index is 10.7. The van der Waals surface area contributed by atoms with Crippen molar-refractivity contribution in [2.75, 3.05) is 0 Å². The van der Waals surface area contributed by atoms with Crippen molar-refractivity contribution in [2.45, 2.75) is 12.5 Å². The van der Waals surface area contributed by atoms with Crippen LogP contribution in [0.1, 0.15) is 5.56 Å². The van der Waals surface area contributed by atoms with E-state index >= 15 is 0 Å². The molecule has 0 aromatic heterocycles. The van der Waals surface area contributed by atoms with Gasteiger partial charge in [-0.2, -0.15) is 0 Å². The molecule has 5 nitrogen and oxygen atoms in total. The van der Waals surface area contributed by atoms with Crippen LogP contribution < -0.4 is 10.5 Å². The molecule has 0 aliphatic carbocycles. The molecule has 2 aromatic carbocycles. The zero-order valence-electron chi connectivity index (χ0n) is 10.7. The molecule has 104 valence electrons. The van der Waals surface area contributed by atoms with Crippen LogP contribution in [0, 0.1) is 0 Å². The van der Waals surface area contributed by atoms with E-state index in [-0.39, 0.29) is 12.2 Å². The Morgan fingerprint density at radius 1 is 1.15 bits per heavy atom. The highest BCUT2D eigenvalue weighted by Crippen LogP contribution is 2.29. The number of nitrogens with two attached hydrogens (primary N) is 1. The standard InChI is InChI=1S/C15H15NO4/c16-12(15(18)19)9-10-5-7-11(8-6-10)20-14-4-2-1-3-13(14)17/h1-8,12,17H,9,16H2,(H,18,19). The number of carbonyl (C=O) groups is 1. The topological polar surface area (TPSA) is 92.8 Å². The monoisotopic (exact) mass is 273 g/mol. The summed E-state index contributed by atoms with van der Waals surface area (Å²) in [6.45, 7) is 0. The molecule has 1 atom stereocenters. The van der Waals surface area contributed by atoms with Gasteiger partial charge in [-0.25, -0.2) is 0 Å². The number of ether oxygens (including phenoxy) is 1. The van der Waals surface area contributed by atoms with Gasteiger partial charge in [0.1, 0.15) is 11.8 Å². The summed E-state index contributed by atoms with van der Waals surface area (Å²) in [4.78, 5) is 10.7. The number of carboxylic acids is 1. The van der Waals surface area contributed by atoms with Crippen LogP contribution in [0.2, 0.25) is 0 Å². The fourth-order valence-electron chi connectivity index (χ4n) is 1.71. The third-order valence-corrected chi connectivity index (χ3v) is 2.79. The Morgan fingerprint density at radius 3 is 2.40 bits per heavy atom. The van der Waals surface area contributed by atoms with E-state index in [1.54, 1.807) is 42.5 Å². The molecule has 2 rings (SSSR count). The van der Waals surface area contributed by atoms with Crippen LogP contribution in [0.15, 0.2) is 48.5 Å². The third-order valence-electron chi connectivity index (χ3n) is 2.79. The number of rotatable bonds is 5. The summed E-state index contributed by atoms with van der Waals surface area (Å²) in [5.41, 5.74) is 6.28. The zero-order chi connectivity index (χ0) is 14.5. The Hall–Kier alpha value is -2.53. The van der Waals surface area contributed by atoms with Crippen LogP contribution in [0.25, 0.3) is 0 Å². The van der Waals surface area contributed by atoms with E-state index in [9.17, 15) is 9.90 Å². The molecule has 20 heavy (non-hydrogen) atoms. The third kappa shape index (κ3) is 3.49. The molecule has 5 heteroatoms. The van der Waals surface area contributed by atoms with Crippen molar-refractivity contribution in [2.24, 2.45) is 5.73 Å². The van der Waals surface area contributed by atoms with Crippen molar-refractivity contribution in [1.82, 2.24) is 0 Å². The van der Waals surface area contributed by atoms with E-state index in [0.717, 1.165) is 5.56 Å². The number of carboxylic acid groups (broad SMARTS) is 1. The molecule has 0 radical (unpaired) electrons. The number of aromatic hydroxyl groups is 1. The minimum absolute atomic E-state index is 0.0597. The van der Waals surface area contributed by atoms with Gasteiger partial charge in [0.15, 0.2) is 11.5 Å². The predicted octanol–water partition coefficient (Wildman–Crippen LogP) is 2.14. The molecule has 0 bridgehead atoms. The van der Waals surface area contributed by atoms with Gasteiger partial charge in [0.25, 0.3) is 0 Å². The lowest BCUT2D eigenvalue weighted by Gasteiger charge is -2.09. The maximum Gasteiger partial charge on any atom is 0.320 e. The Kier molecular flexibility index (Phi) is 4.22. The van der Waals surface area contributed by atoms with Crippen LogP contribution in [0.5, 0.6) is 17.2 Å². The number of para-hydroxylation sites is 2. The normalized spacial score (nSPS) is 11.8. The number of hydrogen-bond acceptors (Lipinski definition) is 4. The fourth-order valence-corrected chi connectivity index (χ4v) is 1.71. The quantitative estimate of drug-likeness (QED) is 0.776. The lowest BCUT2D eigenvalue weighted by molar-refractivity contribution is -0.138. The van der Waals surface area contributed by atoms with Gasteiger partial charge in [0, 0.05) is 0 Å². The molecule has 0 spiro atoms. The Morgan fingerprint density at radius 2 is 1.80 bits per heavy atom. The van der Waals surface area contributed by atoms with E-state index in [1.807, 2.05) is 0 Å². The second-order valence-electron chi connectivity index (χ2n) is 4.36. The molecule has 4 N–H and O–H groups in total. The second kappa shape index (κ2) is 6.08. The number of aliphatic carboxylic acids is 1. The van der Waals surface area contributed by atoms with Crippen LogP contribution in [0.3, 0.4) is 0 Å². The van der Waals surface area contributed by atoms with Gasteiger partial charge in [0.2, 0.25) is 0 Å². The molecule has 0 amide bonds. The summed E-state index contributed by atoms with van der Waals surface area (Å²) in [5, 5.41) is 18.3. The largest absolute Gasteiger partial charge is 0.504 e. The van der Waals surface area contributed by atoms with Gasteiger partial charge < -0.3 is 20.7 Å². The van der Waals surface area contributed by atoms with Gasteiger partial charge in [-0.05, 0) is 36.2 Å². The van der Waals surface area contributed by atoms with Crippen molar-refractivity contribution in [3.05, 3.63) is 54.1 Å². The first-order chi connectivity index (χ1) is 9.56. The van der Waals surface area contributed by atoms with Crippen molar-refractivity contribution in [3.63, 3.8) is 0 Å². The van der Waals surface area contributed by atoms with Gasteiger partial charge in [-0.1, -0.05) is 24.3 Å². The average molecular weight is 273 g/mol. The molecule has 0 aliphatic heterocycles. The zero-order valence-corrected chi connectivity index (χ0v) is 10.7. The number of phenols is 1. The van der Waals surface area contributed by atoms with Gasteiger partial charge in [-0.3, -0.25) is 4.79 Å². The molecule has 0 saturated heterocycles. The highest BCUT2D eigenvalue weighted by Gasteiger charge is 2.12. The van der Waals surface area contributed by atoms with Crippen molar-refractivity contribution in [1.29, 1.82) is 0 Å². The van der Waals surface area contributed by atoms with Crippen molar-refractivity contribution < 1.29 is 19.7 Å². The first-order valence-electron chi connectivity index (χ1n) is 6.09. The summed E-state index contributed by atoms with van der Waals surface area (Å²) in [7, 11) is 0. The summed E-state index contributed by atoms with van der Waals surface area (Å²) in [5.74, 6) is -0.0503. The lowest BCUT2D eigenvalue weighted by Crippen LogP contribution is -2.32. The Bertz CT molecular complexity index is 595. The summed E-state index contributed by atoms with van der Waals surface area (Å²) < 4.78 is 5.52. The van der Waals surface area contributed by atoms with Gasteiger partial charge >= 0.3 is 5.97 Å². The molecule has 2 aromatic rings. The van der Waals surface area contributed by atoms with E-state index in [4.69, 9.17) is 15.6 Å². The first kappa shape index (κ1) is 13.9. The van der Waals surface area contributed by atoms with E-state index < -0.39 is 12.0 Å². The number of benzene rings is 2. The Balaban J connectivity index is 2.05. The second-order valence-corrected chi connectivity index (χ2v) is 4.36. The smallest absolute Gasteiger partial charge is 0.320 e. The van der Waals surface area contributed by atoms with Crippen LogP contribution in [0.4, 0.5) is 0 Å². The summed E-state index contributed by atoms with van der Waals surface area (Å²) in [6.07, 6.45) is 0.256. The average Bonchev–Trinajstić information content (AvgIpc) is 2.43. The molecule has 0 heterocycles. The van der Waals surface area contributed by atoms with Crippen LogP contribution >= 0.6 is 0 Å². The molecule has 0 saturated carbocycles. The predicted molar refractivity (Wildman–Crippen MR) is 73.9 cm³/mol. The molecular weight excluding hydrogens is 258 g/mol. The molecule has 0 fully saturated rings. The van der Waals surface area contributed by atoms with Crippen LogP contribution in [-0.4, -0.2) is 22.2 Å². The maximum atomic E-state index is 10.7. The van der Waals surface area contributed by atoms with Gasteiger partial charge in [0.05, 0.1) is 0 Å². The molecular formula is C15H15NO4. The SMILES string of the molecule is NC(Cc1ccc(Oc2ccccc2O)cc1)C(=O)O. The van der Waals surface area contributed by atoms with Crippen molar-refractivity contribution in [3.8, 4) is 17.2 Å². The van der Waals surface area contributed by atoms with E-state index in [1.165, 1.54) is 6.07 Å². The number of hydrogen-bond donors (Lipinski definition) is 3. The van der Waals surface area contributed by atoms with E-state index in [0.29, 0.717) is 11.5 Å². The van der Waals surface area contributed by atoms with E-state index in [2.05, 4.69) is 0 Å². The lowest BCUT2D eigenvalue weighted by atomic mass is 10.1. The summed E-state index contributed by atoms with van der Waals surface area (Å²) in [6, 6.07) is 12.6. The highest BCUT2D eigenvalue weighted by molar-refractivity contribution is 5.73. The summed E-state index contributed by atoms with van der Waals surface area (Å²) >= 11 is 0.